The minimum Gasteiger partial charge on any atom is -0.497 e. The van der Waals surface area contributed by atoms with Crippen LogP contribution in [0.1, 0.15) is 33.2 Å². The molecule has 0 radical (unpaired) electrons. The molecule has 3 aromatic carbocycles. The highest BCUT2D eigenvalue weighted by Crippen LogP contribution is 2.45. The number of nitrogens with zero attached hydrogens (tertiary/aromatic N) is 2. The number of imide groups is 1. The van der Waals surface area contributed by atoms with Gasteiger partial charge in [-0.05, 0) is 41.5 Å². The largest absolute Gasteiger partial charge is 0.497 e. The number of aromatic nitrogens is 1. The van der Waals surface area contributed by atoms with Crippen molar-refractivity contribution in [3.8, 4) is 5.75 Å². The van der Waals surface area contributed by atoms with E-state index in [-0.39, 0.29) is 17.2 Å². The Morgan fingerprint density at radius 1 is 0.972 bits per heavy atom. The Morgan fingerprint density at radius 2 is 1.75 bits per heavy atom. The summed E-state index contributed by atoms with van der Waals surface area (Å²) in [6.07, 6.45) is 0.362. The summed E-state index contributed by atoms with van der Waals surface area (Å²) in [6.45, 7) is 0. The molecule has 36 heavy (non-hydrogen) atoms. The third-order valence-corrected chi connectivity index (χ3v) is 7.01. The van der Waals surface area contributed by atoms with E-state index in [1.165, 1.54) is 7.11 Å². The van der Waals surface area contributed by atoms with E-state index in [1.54, 1.807) is 36.3 Å². The number of carbonyl (C=O) groups excluding carboxylic acids is 3. The highest BCUT2D eigenvalue weighted by molar-refractivity contribution is 6.23. The first-order valence-corrected chi connectivity index (χ1v) is 11.6. The first-order chi connectivity index (χ1) is 17.5. The van der Waals surface area contributed by atoms with Crippen molar-refractivity contribution in [2.45, 2.75) is 18.5 Å². The third kappa shape index (κ3) is 3.11. The molecule has 4 aromatic rings. The number of anilines is 1. The Hall–Kier alpha value is -4.59. The number of amides is 3. The number of para-hydroxylation sites is 2. The molecule has 3 heterocycles. The zero-order chi connectivity index (χ0) is 25.0. The molecule has 0 spiro atoms. The van der Waals surface area contributed by atoms with E-state index in [1.807, 2.05) is 48.5 Å². The van der Waals surface area contributed by atoms with Crippen LogP contribution < -0.4 is 9.64 Å². The van der Waals surface area contributed by atoms with E-state index in [0.717, 1.165) is 32.6 Å². The lowest BCUT2D eigenvalue weighted by atomic mass is 9.89. The van der Waals surface area contributed by atoms with Crippen molar-refractivity contribution < 1.29 is 23.9 Å². The molecule has 8 heteroatoms. The molecule has 2 unspecified atom stereocenters. The SMILES string of the molecule is COC(=O)c1ccccc1N1C(=O)C2Cc3c([nH]c4ccccc34)C(c3cccc(OC)c3)N2C1=O. The molecule has 8 nitrogen and oxygen atoms in total. The van der Waals surface area contributed by atoms with Gasteiger partial charge >= 0.3 is 12.0 Å². The maximum Gasteiger partial charge on any atom is 0.339 e. The molecule has 2 aliphatic heterocycles. The van der Waals surface area contributed by atoms with E-state index in [0.29, 0.717) is 12.2 Å². The van der Waals surface area contributed by atoms with Crippen LogP contribution in [-0.2, 0) is 16.0 Å². The molecule has 6 rings (SSSR count). The fourth-order valence-electron chi connectivity index (χ4n) is 5.41. The summed E-state index contributed by atoms with van der Waals surface area (Å²) >= 11 is 0. The van der Waals surface area contributed by atoms with Crippen LogP contribution in [0, 0.1) is 0 Å². The third-order valence-electron chi connectivity index (χ3n) is 7.01. The lowest BCUT2D eigenvalue weighted by Crippen LogP contribution is -2.44. The van der Waals surface area contributed by atoms with Gasteiger partial charge in [0, 0.05) is 23.0 Å². The molecule has 1 aromatic heterocycles. The topological polar surface area (TPSA) is 91.9 Å². The Labute approximate surface area is 207 Å². The minimum atomic E-state index is -0.730. The van der Waals surface area contributed by atoms with Gasteiger partial charge < -0.3 is 14.5 Å². The van der Waals surface area contributed by atoms with E-state index in [4.69, 9.17) is 9.47 Å². The maximum absolute atomic E-state index is 14.0. The molecule has 1 saturated heterocycles. The van der Waals surface area contributed by atoms with Crippen molar-refractivity contribution in [2.75, 3.05) is 19.1 Å². The summed E-state index contributed by atoms with van der Waals surface area (Å²) in [5.74, 6) is -0.338. The molecule has 2 aliphatic rings. The second-order valence-electron chi connectivity index (χ2n) is 8.83. The second-order valence-corrected chi connectivity index (χ2v) is 8.83. The first-order valence-electron chi connectivity index (χ1n) is 11.6. The van der Waals surface area contributed by atoms with Gasteiger partial charge in [0.05, 0.1) is 25.5 Å². The summed E-state index contributed by atoms with van der Waals surface area (Å²) in [4.78, 5) is 46.6. The zero-order valence-corrected chi connectivity index (χ0v) is 19.7. The van der Waals surface area contributed by atoms with Gasteiger partial charge in [0.2, 0.25) is 0 Å². The van der Waals surface area contributed by atoms with Gasteiger partial charge in [-0.2, -0.15) is 0 Å². The summed E-state index contributed by atoms with van der Waals surface area (Å²) in [6, 6.07) is 20.2. The molecule has 0 aliphatic carbocycles. The van der Waals surface area contributed by atoms with Crippen molar-refractivity contribution in [3.05, 3.63) is 95.2 Å². The number of aromatic amines is 1. The number of methoxy groups -OCH3 is 2. The Kier molecular flexibility index (Phi) is 5.03. The van der Waals surface area contributed by atoms with Crippen LogP contribution in [0.5, 0.6) is 5.75 Å². The lowest BCUT2D eigenvalue weighted by molar-refractivity contribution is -0.120. The van der Waals surface area contributed by atoms with Crippen molar-refractivity contribution in [1.29, 1.82) is 0 Å². The summed E-state index contributed by atoms with van der Waals surface area (Å²) < 4.78 is 10.4. The Bertz CT molecular complexity index is 1540. The summed E-state index contributed by atoms with van der Waals surface area (Å²) in [5, 5.41) is 1.02. The van der Waals surface area contributed by atoms with Crippen LogP contribution in [0.3, 0.4) is 0 Å². The molecule has 180 valence electrons. The van der Waals surface area contributed by atoms with Crippen LogP contribution in [0.25, 0.3) is 10.9 Å². The molecule has 1 N–H and O–H groups in total. The Morgan fingerprint density at radius 3 is 2.56 bits per heavy atom. The number of benzene rings is 3. The standard InChI is InChI=1S/C28H23N3O5/c1-35-17-9-7-8-16(14-17)25-24-20(18-10-3-5-12-21(18)29-24)15-23-26(32)31(28(34)30(23)25)22-13-6-4-11-19(22)27(33)36-2/h3-14,23,25,29H,15H2,1-2H3. The van der Waals surface area contributed by atoms with Gasteiger partial charge in [0.1, 0.15) is 17.8 Å². The number of H-pyrrole nitrogens is 1. The smallest absolute Gasteiger partial charge is 0.339 e. The van der Waals surface area contributed by atoms with Gasteiger partial charge in [-0.1, -0.05) is 42.5 Å². The van der Waals surface area contributed by atoms with Crippen LogP contribution in [0.2, 0.25) is 0 Å². The number of nitrogens with one attached hydrogen (secondary N) is 1. The normalized spacial score (nSPS) is 18.8. The van der Waals surface area contributed by atoms with Crippen molar-refractivity contribution >= 4 is 34.5 Å². The maximum atomic E-state index is 14.0. The summed E-state index contributed by atoms with van der Waals surface area (Å²) in [7, 11) is 2.86. The van der Waals surface area contributed by atoms with Crippen LogP contribution in [-0.4, -0.2) is 48.1 Å². The number of hydrogen-bond acceptors (Lipinski definition) is 5. The van der Waals surface area contributed by atoms with Crippen LogP contribution in [0.4, 0.5) is 10.5 Å². The number of rotatable bonds is 4. The number of hydrogen-bond donors (Lipinski definition) is 1. The van der Waals surface area contributed by atoms with Crippen molar-refractivity contribution in [3.63, 3.8) is 0 Å². The summed E-state index contributed by atoms with van der Waals surface area (Å²) in [5.41, 5.74) is 4.00. The number of urea groups is 1. The highest BCUT2D eigenvalue weighted by Gasteiger charge is 2.53. The minimum absolute atomic E-state index is 0.156. The fraction of sp³-hybridized carbons (Fsp3) is 0.179. The van der Waals surface area contributed by atoms with Crippen molar-refractivity contribution in [2.24, 2.45) is 0 Å². The Balaban J connectivity index is 1.54. The van der Waals surface area contributed by atoms with Gasteiger partial charge in [-0.15, -0.1) is 0 Å². The second kappa shape index (κ2) is 8.27. The fourth-order valence-corrected chi connectivity index (χ4v) is 5.41. The van der Waals surface area contributed by atoms with E-state index in [2.05, 4.69) is 4.98 Å². The van der Waals surface area contributed by atoms with Gasteiger partial charge in [0.15, 0.2) is 0 Å². The molecule has 3 amide bonds. The first kappa shape index (κ1) is 21.9. The van der Waals surface area contributed by atoms with Crippen molar-refractivity contribution in [1.82, 2.24) is 9.88 Å². The molecule has 0 saturated carbocycles. The molecule has 2 atom stereocenters. The predicted molar refractivity (Wildman–Crippen MR) is 133 cm³/mol. The van der Waals surface area contributed by atoms with E-state index in [9.17, 15) is 14.4 Å². The molecular formula is C28H23N3O5. The van der Waals surface area contributed by atoms with Gasteiger partial charge in [-0.25, -0.2) is 14.5 Å². The van der Waals surface area contributed by atoms with E-state index < -0.39 is 24.1 Å². The monoisotopic (exact) mass is 481 g/mol. The van der Waals surface area contributed by atoms with Gasteiger partial charge in [0.25, 0.3) is 5.91 Å². The van der Waals surface area contributed by atoms with Crippen LogP contribution in [0.15, 0.2) is 72.8 Å². The number of ether oxygens (including phenoxy) is 2. The molecular weight excluding hydrogens is 458 g/mol. The predicted octanol–water partition coefficient (Wildman–Crippen LogP) is 4.45. The molecule has 1 fully saturated rings. The van der Waals surface area contributed by atoms with E-state index >= 15 is 0 Å². The molecule has 0 bridgehead atoms. The number of carbonyl (C=O) groups is 3. The number of esters is 1. The number of fused-ring (bicyclic) bond motifs is 4. The lowest BCUT2D eigenvalue weighted by Gasteiger charge is -2.36. The van der Waals surface area contributed by atoms with Crippen LogP contribution >= 0.6 is 0 Å². The average molecular weight is 482 g/mol. The zero-order valence-electron chi connectivity index (χ0n) is 19.7. The van der Waals surface area contributed by atoms with Gasteiger partial charge in [-0.3, -0.25) is 9.69 Å². The quantitative estimate of drug-likeness (QED) is 0.344. The highest BCUT2D eigenvalue weighted by atomic mass is 16.5. The average Bonchev–Trinajstić information content (AvgIpc) is 3.41.